The summed E-state index contributed by atoms with van der Waals surface area (Å²) in [6.45, 7) is 4.05. The monoisotopic (exact) mass is 222 g/mol. The molecule has 1 rings (SSSR count). The molecule has 14 heavy (non-hydrogen) atoms. The van der Waals surface area contributed by atoms with Crippen molar-refractivity contribution in [2.75, 3.05) is 52.7 Å². The Morgan fingerprint density at radius 3 is 1.93 bits per heavy atom. The number of hydrogen-bond acceptors (Lipinski definition) is 5. The third kappa shape index (κ3) is 7.42. The summed E-state index contributed by atoms with van der Waals surface area (Å²) in [5, 5.41) is 0. The van der Waals surface area contributed by atoms with Crippen LogP contribution in [0.4, 0.5) is 0 Å². The predicted molar refractivity (Wildman–Crippen MR) is 52.9 cm³/mol. The standard InChI is InChI=1S/C8H18O5Si/c1-2-10-4-6-12-8-14-13-7-11-5-3-9-1/h1-8,14H2. The van der Waals surface area contributed by atoms with E-state index < -0.39 is 9.76 Å². The Hall–Kier alpha value is 0.0169. The van der Waals surface area contributed by atoms with E-state index >= 15 is 0 Å². The molecule has 0 spiro atoms. The molecule has 6 heteroatoms. The van der Waals surface area contributed by atoms with Crippen molar-refractivity contribution in [3.8, 4) is 0 Å². The molecule has 0 aromatic carbocycles. The van der Waals surface area contributed by atoms with Crippen LogP contribution in [0.5, 0.6) is 0 Å². The minimum atomic E-state index is -0.576. The van der Waals surface area contributed by atoms with Crippen LogP contribution in [0.2, 0.25) is 0 Å². The second kappa shape index (κ2) is 9.57. The summed E-state index contributed by atoms with van der Waals surface area (Å²) in [6.07, 6.45) is 0.725. The zero-order valence-electron chi connectivity index (χ0n) is 8.41. The molecule has 0 unspecified atom stereocenters. The average molecular weight is 222 g/mol. The molecule has 0 aromatic rings. The average Bonchev–Trinajstić information content (AvgIpc) is 2.22. The Kier molecular flexibility index (Phi) is 8.26. The Morgan fingerprint density at radius 2 is 1.21 bits per heavy atom. The van der Waals surface area contributed by atoms with E-state index in [1.807, 2.05) is 0 Å². The van der Waals surface area contributed by atoms with E-state index in [0.29, 0.717) is 46.4 Å². The zero-order chi connectivity index (χ0) is 9.90. The summed E-state index contributed by atoms with van der Waals surface area (Å²) < 4.78 is 26.2. The summed E-state index contributed by atoms with van der Waals surface area (Å²) >= 11 is 0. The van der Waals surface area contributed by atoms with Crippen LogP contribution in [0.1, 0.15) is 0 Å². The number of rotatable bonds is 0. The maximum Gasteiger partial charge on any atom is 0.189 e. The van der Waals surface area contributed by atoms with Crippen LogP contribution in [-0.4, -0.2) is 62.4 Å². The van der Waals surface area contributed by atoms with Crippen LogP contribution in [0.15, 0.2) is 0 Å². The van der Waals surface area contributed by atoms with Gasteiger partial charge in [0.25, 0.3) is 0 Å². The summed E-state index contributed by atoms with van der Waals surface area (Å²) in [5.41, 5.74) is 0. The quantitative estimate of drug-likeness (QED) is 0.496. The summed E-state index contributed by atoms with van der Waals surface area (Å²) in [4.78, 5) is 0. The first-order chi connectivity index (χ1) is 7.00. The first kappa shape index (κ1) is 12.1. The lowest BCUT2D eigenvalue weighted by molar-refractivity contribution is -0.0361. The molecular formula is C8H18O5Si. The Morgan fingerprint density at radius 1 is 0.643 bits per heavy atom. The molecule has 0 aromatic heterocycles. The van der Waals surface area contributed by atoms with Crippen LogP contribution in [0.25, 0.3) is 0 Å². The molecule has 0 atom stereocenters. The maximum atomic E-state index is 5.29. The highest BCUT2D eigenvalue weighted by molar-refractivity contribution is 6.26. The molecular weight excluding hydrogens is 204 g/mol. The fourth-order valence-electron chi connectivity index (χ4n) is 0.954. The van der Waals surface area contributed by atoms with Gasteiger partial charge < -0.3 is 23.4 Å². The maximum absolute atomic E-state index is 5.29. The van der Waals surface area contributed by atoms with Gasteiger partial charge in [0.05, 0.1) is 45.9 Å². The molecule has 1 aliphatic heterocycles. The molecule has 5 nitrogen and oxygen atoms in total. The molecule has 0 bridgehead atoms. The van der Waals surface area contributed by atoms with Crippen LogP contribution < -0.4 is 0 Å². The Bertz CT molecular complexity index is 71.0. The lowest BCUT2D eigenvalue weighted by Gasteiger charge is -2.09. The molecule has 1 saturated heterocycles. The highest BCUT2D eigenvalue weighted by Gasteiger charge is 1.95. The smallest absolute Gasteiger partial charge is 0.189 e. The molecule has 1 fully saturated rings. The van der Waals surface area contributed by atoms with Crippen LogP contribution in [0, 0.1) is 0 Å². The van der Waals surface area contributed by atoms with Gasteiger partial charge in [-0.15, -0.1) is 0 Å². The summed E-state index contributed by atoms with van der Waals surface area (Å²) in [5.74, 6) is 0. The van der Waals surface area contributed by atoms with Gasteiger partial charge >= 0.3 is 0 Å². The summed E-state index contributed by atoms with van der Waals surface area (Å²) in [7, 11) is -0.576. The molecule has 1 heterocycles. The summed E-state index contributed by atoms with van der Waals surface area (Å²) in [6, 6.07) is 0. The van der Waals surface area contributed by atoms with Crippen molar-refractivity contribution >= 4 is 9.76 Å². The third-order valence-corrected chi connectivity index (χ3v) is 2.57. The van der Waals surface area contributed by atoms with Gasteiger partial charge in [0.1, 0.15) is 6.79 Å². The number of ether oxygens (including phenoxy) is 4. The molecule has 84 valence electrons. The van der Waals surface area contributed by atoms with E-state index in [1.165, 1.54) is 0 Å². The molecule has 0 amide bonds. The van der Waals surface area contributed by atoms with Gasteiger partial charge in [-0.3, -0.25) is 0 Å². The Balaban J connectivity index is 2.00. The van der Waals surface area contributed by atoms with Crippen molar-refractivity contribution in [1.29, 1.82) is 0 Å². The minimum Gasteiger partial charge on any atom is -0.400 e. The van der Waals surface area contributed by atoms with Crippen molar-refractivity contribution < 1.29 is 23.4 Å². The first-order valence-electron chi connectivity index (χ1n) is 4.89. The largest absolute Gasteiger partial charge is 0.400 e. The lowest BCUT2D eigenvalue weighted by atomic mass is 10.7. The second-order valence-corrected chi connectivity index (χ2v) is 4.00. The van der Waals surface area contributed by atoms with E-state index in [2.05, 4.69) is 0 Å². The SMILES string of the molecule is C1COCCOC[SiH2]OCOCCO1. The molecule has 0 saturated carbocycles. The van der Waals surface area contributed by atoms with E-state index in [1.54, 1.807) is 0 Å². The third-order valence-electron chi connectivity index (χ3n) is 1.65. The van der Waals surface area contributed by atoms with Crippen molar-refractivity contribution in [2.45, 2.75) is 0 Å². The van der Waals surface area contributed by atoms with Crippen molar-refractivity contribution in [2.24, 2.45) is 0 Å². The van der Waals surface area contributed by atoms with Crippen molar-refractivity contribution in [3.63, 3.8) is 0 Å². The highest BCUT2D eigenvalue weighted by Crippen LogP contribution is 1.85. The van der Waals surface area contributed by atoms with Crippen LogP contribution >= 0.6 is 0 Å². The van der Waals surface area contributed by atoms with Gasteiger partial charge in [0, 0.05) is 0 Å². The normalized spacial score (nSPS) is 25.7. The van der Waals surface area contributed by atoms with Crippen molar-refractivity contribution in [1.82, 2.24) is 0 Å². The fourth-order valence-corrected chi connectivity index (χ4v) is 1.63. The lowest BCUT2D eigenvalue weighted by Crippen LogP contribution is -2.17. The van der Waals surface area contributed by atoms with E-state index in [4.69, 9.17) is 23.4 Å². The molecule has 0 N–H and O–H groups in total. The van der Waals surface area contributed by atoms with Crippen LogP contribution in [0.3, 0.4) is 0 Å². The van der Waals surface area contributed by atoms with Crippen molar-refractivity contribution in [3.05, 3.63) is 0 Å². The van der Waals surface area contributed by atoms with E-state index in [9.17, 15) is 0 Å². The van der Waals surface area contributed by atoms with E-state index in [0.717, 1.165) is 6.23 Å². The predicted octanol–water partition coefficient (Wildman–Crippen LogP) is -0.918. The zero-order valence-corrected chi connectivity index (χ0v) is 9.82. The molecule has 0 radical (unpaired) electrons. The second-order valence-electron chi connectivity index (χ2n) is 2.77. The van der Waals surface area contributed by atoms with Gasteiger partial charge in [-0.2, -0.15) is 0 Å². The van der Waals surface area contributed by atoms with Crippen LogP contribution in [-0.2, 0) is 23.4 Å². The topological polar surface area (TPSA) is 46.2 Å². The highest BCUT2D eigenvalue weighted by atomic mass is 28.2. The minimum absolute atomic E-state index is 0.370. The molecule has 1 aliphatic rings. The van der Waals surface area contributed by atoms with Gasteiger partial charge in [0.2, 0.25) is 0 Å². The van der Waals surface area contributed by atoms with Gasteiger partial charge in [-0.1, -0.05) is 0 Å². The van der Waals surface area contributed by atoms with Gasteiger partial charge in [-0.25, -0.2) is 0 Å². The molecule has 0 aliphatic carbocycles. The Labute approximate surface area is 86.6 Å². The first-order valence-corrected chi connectivity index (χ1v) is 6.46. The fraction of sp³-hybridized carbons (Fsp3) is 1.00. The number of hydrogen-bond donors (Lipinski definition) is 0. The van der Waals surface area contributed by atoms with Gasteiger partial charge in [0.15, 0.2) is 9.76 Å². The van der Waals surface area contributed by atoms with Gasteiger partial charge in [-0.05, 0) is 0 Å². The van der Waals surface area contributed by atoms with E-state index in [-0.39, 0.29) is 0 Å².